The molecule has 1 aliphatic heterocycles. The van der Waals surface area contributed by atoms with Gasteiger partial charge in [-0.15, -0.1) is 0 Å². The zero-order valence-corrected chi connectivity index (χ0v) is 13.2. The quantitative estimate of drug-likeness (QED) is 0.758. The van der Waals surface area contributed by atoms with Crippen LogP contribution in [0.5, 0.6) is 11.5 Å². The lowest BCUT2D eigenvalue weighted by molar-refractivity contribution is -0.0405. The minimum Gasteiger partial charge on any atom is -0.493 e. The van der Waals surface area contributed by atoms with Gasteiger partial charge < -0.3 is 19.1 Å². The number of hydrogen-bond donors (Lipinski definition) is 0. The Morgan fingerprint density at radius 3 is 2.76 bits per heavy atom. The van der Waals surface area contributed by atoms with Crippen LogP contribution in [0.25, 0.3) is 0 Å². The van der Waals surface area contributed by atoms with E-state index >= 15 is 0 Å². The van der Waals surface area contributed by atoms with E-state index in [4.69, 9.17) is 14.2 Å². The number of para-hydroxylation sites is 2. The van der Waals surface area contributed by atoms with Gasteiger partial charge in [0.1, 0.15) is 6.61 Å². The van der Waals surface area contributed by atoms with Gasteiger partial charge in [-0.2, -0.15) is 0 Å². The molecule has 118 valence electrons. The molecule has 5 nitrogen and oxygen atoms in total. The van der Waals surface area contributed by atoms with Gasteiger partial charge in [-0.05, 0) is 26.2 Å². The summed E-state index contributed by atoms with van der Waals surface area (Å²) in [5.41, 5.74) is 0. The van der Waals surface area contributed by atoms with Crippen molar-refractivity contribution in [1.82, 2.24) is 9.80 Å². The van der Waals surface area contributed by atoms with Gasteiger partial charge in [-0.1, -0.05) is 12.1 Å². The smallest absolute Gasteiger partial charge is 0.161 e. The Kier molecular flexibility index (Phi) is 6.29. The van der Waals surface area contributed by atoms with Crippen LogP contribution in [0.15, 0.2) is 24.3 Å². The fraction of sp³-hybridized carbons (Fsp3) is 0.625. The van der Waals surface area contributed by atoms with E-state index in [0.717, 1.165) is 44.3 Å². The summed E-state index contributed by atoms with van der Waals surface area (Å²) in [4.78, 5) is 4.56. The molecule has 1 fully saturated rings. The first-order chi connectivity index (χ1) is 10.2. The number of rotatable bonds is 7. The topological polar surface area (TPSA) is 34.2 Å². The molecule has 0 N–H and O–H groups in total. The molecule has 1 aromatic rings. The van der Waals surface area contributed by atoms with Crippen LogP contribution in [0.4, 0.5) is 0 Å². The molecule has 1 aromatic carbocycles. The molecule has 0 saturated carbocycles. The summed E-state index contributed by atoms with van der Waals surface area (Å²) in [7, 11) is 5.82. The molecule has 1 heterocycles. The van der Waals surface area contributed by atoms with Crippen molar-refractivity contribution in [2.45, 2.75) is 6.10 Å². The van der Waals surface area contributed by atoms with E-state index in [1.54, 1.807) is 7.11 Å². The van der Waals surface area contributed by atoms with Gasteiger partial charge in [-0.25, -0.2) is 0 Å². The number of ether oxygens (including phenoxy) is 3. The van der Waals surface area contributed by atoms with Crippen molar-refractivity contribution in [2.75, 3.05) is 60.6 Å². The zero-order chi connectivity index (χ0) is 15.1. The highest BCUT2D eigenvalue weighted by Gasteiger charge is 2.20. The maximum Gasteiger partial charge on any atom is 0.161 e. The van der Waals surface area contributed by atoms with E-state index in [2.05, 4.69) is 23.9 Å². The molecule has 1 saturated heterocycles. The molecule has 0 spiro atoms. The van der Waals surface area contributed by atoms with Gasteiger partial charge in [0.2, 0.25) is 0 Å². The molecular weight excluding hydrogens is 268 g/mol. The van der Waals surface area contributed by atoms with Crippen molar-refractivity contribution in [3.8, 4) is 11.5 Å². The summed E-state index contributed by atoms with van der Waals surface area (Å²) in [5.74, 6) is 1.59. The summed E-state index contributed by atoms with van der Waals surface area (Å²) in [6, 6.07) is 7.75. The molecule has 0 bridgehead atoms. The van der Waals surface area contributed by atoms with Crippen LogP contribution in [-0.2, 0) is 4.74 Å². The zero-order valence-electron chi connectivity index (χ0n) is 13.2. The number of hydrogen-bond acceptors (Lipinski definition) is 5. The van der Waals surface area contributed by atoms with Gasteiger partial charge >= 0.3 is 0 Å². The Bertz CT molecular complexity index is 426. The van der Waals surface area contributed by atoms with E-state index < -0.39 is 0 Å². The summed E-state index contributed by atoms with van der Waals surface area (Å²) < 4.78 is 16.9. The third-order valence-electron chi connectivity index (χ3n) is 3.53. The van der Waals surface area contributed by atoms with E-state index in [-0.39, 0.29) is 0 Å². The second-order valence-corrected chi connectivity index (χ2v) is 5.55. The molecule has 21 heavy (non-hydrogen) atoms. The average Bonchev–Trinajstić information content (AvgIpc) is 2.47. The normalized spacial score (nSPS) is 19.7. The van der Waals surface area contributed by atoms with Crippen molar-refractivity contribution < 1.29 is 14.2 Å². The predicted molar refractivity (Wildman–Crippen MR) is 83.2 cm³/mol. The van der Waals surface area contributed by atoms with Crippen LogP contribution < -0.4 is 9.47 Å². The molecular formula is C16H26N2O3. The lowest BCUT2D eigenvalue weighted by Gasteiger charge is -2.34. The molecule has 0 radical (unpaired) electrons. The first kappa shape index (κ1) is 16.1. The number of benzene rings is 1. The minimum absolute atomic E-state index is 0.292. The lowest BCUT2D eigenvalue weighted by atomic mass is 10.2. The second-order valence-electron chi connectivity index (χ2n) is 5.55. The molecule has 1 atom stereocenters. The Hall–Kier alpha value is -1.30. The highest BCUT2D eigenvalue weighted by atomic mass is 16.5. The Morgan fingerprint density at radius 2 is 2.05 bits per heavy atom. The van der Waals surface area contributed by atoms with Gasteiger partial charge in [0.05, 0.1) is 19.8 Å². The summed E-state index contributed by atoms with van der Waals surface area (Å²) in [6.07, 6.45) is 0.292. The molecule has 5 heteroatoms. The van der Waals surface area contributed by atoms with Crippen molar-refractivity contribution in [3.63, 3.8) is 0 Å². The van der Waals surface area contributed by atoms with Crippen LogP contribution in [0.3, 0.4) is 0 Å². The van der Waals surface area contributed by atoms with Crippen molar-refractivity contribution in [1.29, 1.82) is 0 Å². The van der Waals surface area contributed by atoms with E-state index in [0.29, 0.717) is 12.7 Å². The van der Waals surface area contributed by atoms with Crippen molar-refractivity contribution in [2.24, 2.45) is 0 Å². The molecule has 2 rings (SSSR count). The molecule has 0 aromatic heterocycles. The first-order valence-corrected chi connectivity index (χ1v) is 7.43. The minimum atomic E-state index is 0.292. The van der Waals surface area contributed by atoms with E-state index in [1.807, 2.05) is 24.3 Å². The first-order valence-electron chi connectivity index (χ1n) is 7.43. The van der Waals surface area contributed by atoms with Crippen LogP contribution >= 0.6 is 0 Å². The van der Waals surface area contributed by atoms with Gasteiger partial charge in [-0.3, -0.25) is 4.90 Å². The number of morpholine rings is 1. The van der Waals surface area contributed by atoms with Crippen molar-refractivity contribution >= 4 is 0 Å². The maximum atomic E-state index is 5.83. The van der Waals surface area contributed by atoms with Crippen LogP contribution in [-0.4, -0.2) is 76.5 Å². The highest BCUT2D eigenvalue weighted by molar-refractivity contribution is 5.39. The molecule has 0 unspecified atom stereocenters. The molecule has 0 amide bonds. The van der Waals surface area contributed by atoms with Crippen LogP contribution in [0, 0.1) is 0 Å². The fourth-order valence-corrected chi connectivity index (χ4v) is 2.52. The largest absolute Gasteiger partial charge is 0.493 e. The third kappa shape index (κ3) is 5.19. The van der Waals surface area contributed by atoms with E-state index in [1.165, 1.54) is 0 Å². The molecule has 0 aliphatic carbocycles. The predicted octanol–water partition coefficient (Wildman–Crippen LogP) is 1.34. The fourth-order valence-electron chi connectivity index (χ4n) is 2.52. The Morgan fingerprint density at radius 1 is 1.29 bits per heavy atom. The number of nitrogens with zero attached hydrogens (tertiary/aromatic N) is 2. The Labute approximate surface area is 127 Å². The second kappa shape index (κ2) is 8.22. The molecule has 1 aliphatic rings. The highest BCUT2D eigenvalue weighted by Crippen LogP contribution is 2.25. The average molecular weight is 294 g/mol. The number of methoxy groups -OCH3 is 1. The summed E-state index contributed by atoms with van der Waals surface area (Å²) >= 11 is 0. The number of likely N-dealkylation sites (N-methyl/N-ethyl adjacent to an activating group) is 1. The van der Waals surface area contributed by atoms with Gasteiger partial charge in [0.15, 0.2) is 11.5 Å². The monoisotopic (exact) mass is 294 g/mol. The van der Waals surface area contributed by atoms with Crippen LogP contribution in [0.2, 0.25) is 0 Å². The lowest BCUT2D eigenvalue weighted by Crippen LogP contribution is -2.47. The maximum absolute atomic E-state index is 5.83. The van der Waals surface area contributed by atoms with E-state index in [9.17, 15) is 0 Å². The van der Waals surface area contributed by atoms with Gasteiger partial charge in [0, 0.05) is 26.2 Å². The standard InChI is InChI=1S/C16H26N2O3/c1-17(2)12-14-13-18(8-10-20-14)9-11-21-16-7-5-4-6-15(16)19-3/h4-7,14H,8-13H2,1-3H3/t14-/m0/s1. The Balaban J connectivity index is 1.75. The third-order valence-corrected chi connectivity index (χ3v) is 3.53. The summed E-state index contributed by atoms with van der Waals surface area (Å²) in [6.45, 7) is 5.27. The van der Waals surface area contributed by atoms with Crippen LogP contribution in [0.1, 0.15) is 0 Å². The van der Waals surface area contributed by atoms with Crippen molar-refractivity contribution in [3.05, 3.63) is 24.3 Å². The summed E-state index contributed by atoms with van der Waals surface area (Å²) in [5, 5.41) is 0. The van der Waals surface area contributed by atoms with Gasteiger partial charge in [0.25, 0.3) is 0 Å². The SMILES string of the molecule is COc1ccccc1OCCN1CCO[C@@H](CN(C)C)C1.